The molecule has 0 spiro atoms. The first-order chi connectivity index (χ1) is 15.4. The second-order valence-electron chi connectivity index (χ2n) is 8.93. The van der Waals surface area contributed by atoms with Crippen LogP contribution in [0.2, 0.25) is 0 Å². The third-order valence-electron chi connectivity index (χ3n) is 6.70. The van der Waals surface area contributed by atoms with Crippen LogP contribution in [0.15, 0.2) is 6.20 Å². The standard InChI is InChI=1S/C20H23F3N6O3/c21-20(22,23)11-5-24-19-26-16-15(9-1-2-9)28-29(13-7-31-8-14(13)30)18(16)32-6-10-3-4-12(10)25-17(11)27-19/h5,9-10,12-14,30H,1-4,6-8H2,(H2,24,25,26,27)/t10-,12+,13?,14-/m1/s1. The molecule has 0 aromatic carbocycles. The third-order valence-corrected chi connectivity index (χ3v) is 6.70. The molecule has 1 saturated heterocycles. The molecule has 2 aromatic heterocycles. The van der Waals surface area contributed by atoms with Crippen molar-refractivity contribution in [2.75, 3.05) is 30.5 Å². The van der Waals surface area contributed by atoms with Gasteiger partial charge in [0.05, 0.1) is 25.5 Å². The Morgan fingerprint density at radius 2 is 1.97 bits per heavy atom. The van der Waals surface area contributed by atoms with Gasteiger partial charge in [0.2, 0.25) is 11.8 Å². The van der Waals surface area contributed by atoms with Crippen molar-refractivity contribution in [1.82, 2.24) is 19.7 Å². The zero-order chi connectivity index (χ0) is 22.0. The molecule has 2 bridgehead atoms. The molecule has 12 heteroatoms. The minimum atomic E-state index is -4.56. The summed E-state index contributed by atoms with van der Waals surface area (Å²) in [6.07, 6.45) is -1.00. The van der Waals surface area contributed by atoms with E-state index >= 15 is 0 Å². The van der Waals surface area contributed by atoms with Gasteiger partial charge in [-0.3, -0.25) is 0 Å². The molecular weight excluding hydrogens is 429 g/mol. The number of nitrogens with one attached hydrogen (secondary N) is 2. The molecule has 4 atom stereocenters. The maximum atomic E-state index is 13.5. The normalized spacial score (nSPS) is 29.5. The maximum Gasteiger partial charge on any atom is 0.421 e. The summed E-state index contributed by atoms with van der Waals surface area (Å²) in [5.41, 5.74) is 0.412. The number of anilines is 3. The molecule has 0 amide bonds. The largest absolute Gasteiger partial charge is 0.476 e. The summed E-state index contributed by atoms with van der Waals surface area (Å²) >= 11 is 0. The smallest absolute Gasteiger partial charge is 0.421 e. The number of aliphatic hydroxyl groups is 1. The van der Waals surface area contributed by atoms with Crippen LogP contribution in [0.1, 0.15) is 48.9 Å². The first kappa shape index (κ1) is 20.0. The quantitative estimate of drug-likeness (QED) is 0.639. The van der Waals surface area contributed by atoms with Crippen LogP contribution in [-0.4, -0.2) is 56.8 Å². The van der Waals surface area contributed by atoms with Crippen LogP contribution in [0.25, 0.3) is 0 Å². The van der Waals surface area contributed by atoms with Gasteiger partial charge in [-0.05, 0) is 25.7 Å². The van der Waals surface area contributed by atoms with E-state index in [1.54, 1.807) is 4.68 Å². The SMILES string of the molecule is O[C@@H]1COCC1n1nc(C2CC2)c2c1OC[C@H]1CC[C@@H]1Nc1nc(ncc1C(F)(F)F)N2. The van der Waals surface area contributed by atoms with Crippen molar-refractivity contribution in [1.29, 1.82) is 0 Å². The van der Waals surface area contributed by atoms with Gasteiger partial charge >= 0.3 is 6.18 Å². The number of alkyl halides is 3. The van der Waals surface area contributed by atoms with Crippen molar-refractivity contribution in [3.05, 3.63) is 17.5 Å². The summed E-state index contributed by atoms with van der Waals surface area (Å²) in [5.74, 6) is 0.493. The van der Waals surface area contributed by atoms with Gasteiger partial charge in [-0.15, -0.1) is 0 Å². The molecule has 172 valence electrons. The van der Waals surface area contributed by atoms with E-state index in [1.165, 1.54) is 0 Å². The van der Waals surface area contributed by atoms with Crippen LogP contribution in [-0.2, 0) is 10.9 Å². The van der Waals surface area contributed by atoms with Crippen molar-refractivity contribution in [2.24, 2.45) is 5.92 Å². The van der Waals surface area contributed by atoms with Crippen LogP contribution < -0.4 is 15.4 Å². The monoisotopic (exact) mass is 452 g/mol. The molecule has 6 rings (SSSR count). The molecule has 1 unspecified atom stereocenters. The summed E-state index contributed by atoms with van der Waals surface area (Å²) in [6, 6.07) is -0.581. The van der Waals surface area contributed by atoms with Crippen molar-refractivity contribution < 1.29 is 27.8 Å². The van der Waals surface area contributed by atoms with E-state index in [2.05, 4.69) is 20.6 Å². The van der Waals surface area contributed by atoms with Gasteiger partial charge in [0, 0.05) is 24.1 Å². The second kappa shape index (κ2) is 7.20. The highest BCUT2D eigenvalue weighted by molar-refractivity contribution is 5.66. The van der Waals surface area contributed by atoms with E-state index in [1.807, 2.05) is 0 Å². The molecule has 32 heavy (non-hydrogen) atoms. The molecule has 2 aliphatic heterocycles. The van der Waals surface area contributed by atoms with Crippen molar-refractivity contribution in [3.8, 4) is 5.88 Å². The van der Waals surface area contributed by atoms with Crippen LogP contribution in [0.3, 0.4) is 0 Å². The Balaban J connectivity index is 1.46. The van der Waals surface area contributed by atoms with Crippen LogP contribution >= 0.6 is 0 Å². The van der Waals surface area contributed by atoms with Gasteiger partial charge in [0.1, 0.15) is 29.2 Å². The second-order valence-corrected chi connectivity index (χ2v) is 8.93. The number of ether oxygens (including phenoxy) is 2. The summed E-state index contributed by atoms with van der Waals surface area (Å²) in [4.78, 5) is 8.12. The van der Waals surface area contributed by atoms with Crippen LogP contribution in [0.5, 0.6) is 5.88 Å². The first-order valence-corrected chi connectivity index (χ1v) is 10.9. The number of aliphatic hydroxyl groups excluding tert-OH is 1. The lowest BCUT2D eigenvalue weighted by molar-refractivity contribution is -0.137. The predicted molar refractivity (Wildman–Crippen MR) is 106 cm³/mol. The van der Waals surface area contributed by atoms with Gasteiger partial charge in [-0.1, -0.05) is 0 Å². The van der Waals surface area contributed by atoms with Gasteiger partial charge < -0.3 is 25.2 Å². The highest BCUT2D eigenvalue weighted by Gasteiger charge is 2.41. The summed E-state index contributed by atoms with van der Waals surface area (Å²) in [7, 11) is 0. The molecule has 3 fully saturated rings. The fraction of sp³-hybridized carbons (Fsp3) is 0.650. The Kier molecular flexibility index (Phi) is 4.51. The van der Waals surface area contributed by atoms with Crippen molar-refractivity contribution in [2.45, 2.75) is 56.0 Å². The maximum absolute atomic E-state index is 13.5. The molecule has 2 aromatic rings. The Labute approximate surface area is 181 Å². The fourth-order valence-electron chi connectivity index (χ4n) is 4.52. The average molecular weight is 452 g/mol. The topological polar surface area (TPSA) is 106 Å². The Morgan fingerprint density at radius 3 is 2.62 bits per heavy atom. The zero-order valence-corrected chi connectivity index (χ0v) is 17.1. The number of hydrogen-bond donors (Lipinski definition) is 3. The van der Waals surface area contributed by atoms with Crippen LogP contribution in [0.4, 0.5) is 30.6 Å². The molecule has 3 N–H and O–H groups in total. The lowest BCUT2D eigenvalue weighted by Crippen LogP contribution is -2.42. The molecule has 9 nitrogen and oxygen atoms in total. The Morgan fingerprint density at radius 1 is 1.12 bits per heavy atom. The lowest BCUT2D eigenvalue weighted by Gasteiger charge is -2.37. The molecule has 2 saturated carbocycles. The first-order valence-electron chi connectivity index (χ1n) is 10.9. The number of rotatable bonds is 2. The third kappa shape index (κ3) is 3.36. The van der Waals surface area contributed by atoms with E-state index in [4.69, 9.17) is 14.6 Å². The van der Waals surface area contributed by atoms with Gasteiger partial charge in [0.15, 0.2) is 0 Å². The van der Waals surface area contributed by atoms with Crippen molar-refractivity contribution in [3.63, 3.8) is 0 Å². The minimum absolute atomic E-state index is 0.0259. The molecular formula is C20H23F3N6O3. The number of nitrogens with zero attached hydrogens (tertiary/aromatic N) is 4. The molecule has 2 aliphatic carbocycles. The van der Waals surface area contributed by atoms with Gasteiger partial charge in [0.25, 0.3) is 0 Å². The Bertz CT molecular complexity index is 1040. The average Bonchev–Trinajstić information content (AvgIpc) is 3.40. The zero-order valence-electron chi connectivity index (χ0n) is 17.1. The molecule has 4 aliphatic rings. The number of hydrogen-bond acceptors (Lipinski definition) is 8. The number of aromatic nitrogens is 4. The highest BCUT2D eigenvalue weighted by Crippen LogP contribution is 2.48. The van der Waals surface area contributed by atoms with Crippen molar-refractivity contribution >= 4 is 17.5 Å². The lowest BCUT2D eigenvalue weighted by atomic mass is 9.80. The summed E-state index contributed by atoms with van der Waals surface area (Å²) in [5, 5.41) is 21.2. The van der Waals surface area contributed by atoms with E-state index in [0.29, 0.717) is 24.8 Å². The molecule has 4 heterocycles. The van der Waals surface area contributed by atoms with E-state index < -0.39 is 23.9 Å². The van der Waals surface area contributed by atoms with Gasteiger partial charge in [-0.2, -0.15) is 23.3 Å². The minimum Gasteiger partial charge on any atom is -0.476 e. The Hall–Kier alpha value is -2.60. The summed E-state index contributed by atoms with van der Waals surface area (Å²) in [6.45, 7) is 0.833. The van der Waals surface area contributed by atoms with E-state index in [9.17, 15) is 18.3 Å². The fourth-order valence-corrected chi connectivity index (χ4v) is 4.52. The summed E-state index contributed by atoms with van der Waals surface area (Å²) < 4.78 is 54.0. The molecule has 0 radical (unpaired) electrons. The van der Waals surface area contributed by atoms with Gasteiger partial charge in [-0.25, -0.2) is 9.67 Å². The number of halogens is 3. The van der Waals surface area contributed by atoms with Crippen LogP contribution in [0, 0.1) is 5.92 Å². The van der Waals surface area contributed by atoms with E-state index in [-0.39, 0.29) is 36.3 Å². The highest BCUT2D eigenvalue weighted by atomic mass is 19.4. The number of fused-ring (bicyclic) bond motifs is 4. The predicted octanol–water partition coefficient (Wildman–Crippen LogP) is 2.83. The van der Waals surface area contributed by atoms with E-state index in [0.717, 1.165) is 37.6 Å².